The van der Waals surface area contributed by atoms with Gasteiger partial charge in [-0.3, -0.25) is 0 Å². The lowest BCUT2D eigenvalue weighted by molar-refractivity contribution is 0.296. The average Bonchev–Trinajstić information content (AvgIpc) is 2.81. The fourth-order valence-electron chi connectivity index (χ4n) is 2.62. The molecule has 1 heterocycles. The predicted octanol–water partition coefficient (Wildman–Crippen LogP) is 3.92. The molecule has 0 unspecified atom stereocenters. The molecule has 4 heteroatoms. The predicted molar refractivity (Wildman–Crippen MR) is 93.4 cm³/mol. The molecule has 0 aliphatic rings. The van der Waals surface area contributed by atoms with E-state index >= 15 is 0 Å². The molecule has 1 aromatic heterocycles. The molecular formula is C19H25N3O. The molecule has 2 aromatic rings. The van der Waals surface area contributed by atoms with E-state index in [0.29, 0.717) is 30.5 Å². The molecule has 23 heavy (non-hydrogen) atoms. The Morgan fingerprint density at radius 1 is 1.30 bits per heavy atom. The van der Waals surface area contributed by atoms with E-state index in [1.54, 1.807) is 6.07 Å². The Labute approximate surface area is 138 Å². The summed E-state index contributed by atoms with van der Waals surface area (Å²) in [6.07, 6.45) is 1.94. The largest absolute Gasteiger partial charge is 0.492 e. The molecule has 0 aliphatic heterocycles. The summed E-state index contributed by atoms with van der Waals surface area (Å²) >= 11 is 0. The molecule has 2 rings (SSSR count). The van der Waals surface area contributed by atoms with Crippen LogP contribution in [0.25, 0.3) is 0 Å². The van der Waals surface area contributed by atoms with Crippen LogP contribution in [-0.4, -0.2) is 11.2 Å². The third-order valence-corrected chi connectivity index (χ3v) is 3.89. The van der Waals surface area contributed by atoms with Crippen LogP contribution in [0.3, 0.4) is 0 Å². The van der Waals surface area contributed by atoms with Crippen LogP contribution in [0.4, 0.5) is 5.69 Å². The van der Waals surface area contributed by atoms with Crippen LogP contribution in [0.5, 0.6) is 5.75 Å². The maximum atomic E-state index is 9.32. The number of nitriles is 1. The normalized spacial score (nSPS) is 10.7. The zero-order valence-electron chi connectivity index (χ0n) is 14.2. The summed E-state index contributed by atoms with van der Waals surface area (Å²) in [5.74, 6) is 1.46. The van der Waals surface area contributed by atoms with Crippen molar-refractivity contribution in [3.05, 3.63) is 47.3 Å². The molecule has 2 N–H and O–H groups in total. The fraction of sp³-hybridized carbons (Fsp3) is 0.421. The van der Waals surface area contributed by atoms with Gasteiger partial charge in [-0.1, -0.05) is 26.0 Å². The molecule has 0 saturated heterocycles. The molecule has 0 radical (unpaired) electrons. The summed E-state index contributed by atoms with van der Waals surface area (Å²) < 4.78 is 7.80. The Kier molecular flexibility index (Phi) is 5.70. The maximum absolute atomic E-state index is 9.32. The van der Waals surface area contributed by atoms with Crippen LogP contribution in [0.2, 0.25) is 0 Å². The number of benzene rings is 1. The first-order valence-corrected chi connectivity index (χ1v) is 8.08. The van der Waals surface area contributed by atoms with E-state index in [2.05, 4.69) is 19.9 Å². The third kappa shape index (κ3) is 4.53. The summed E-state index contributed by atoms with van der Waals surface area (Å²) in [6.45, 7) is 7.56. The number of hydrogen-bond donors (Lipinski definition) is 1. The van der Waals surface area contributed by atoms with Crippen molar-refractivity contribution in [1.82, 2.24) is 4.57 Å². The average molecular weight is 311 g/mol. The van der Waals surface area contributed by atoms with Crippen LogP contribution >= 0.6 is 0 Å². The summed E-state index contributed by atoms with van der Waals surface area (Å²) in [6, 6.07) is 12.0. The van der Waals surface area contributed by atoms with Crippen LogP contribution in [0.15, 0.2) is 30.3 Å². The van der Waals surface area contributed by atoms with E-state index in [1.165, 1.54) is 5.56 Å². The van der Waals surface area contributed by atoms with E-state index in [1.807, 2.05) is 35.8 Å². The number of anilines is 1. The van der Waals surface area contributed by atoms with Gasteiger partial charge in [0, 0.05) is 5.69 Å². The van der Waals surface area contributed by atoms with Crippen molar-refractivity contribution in [2.45, 2.75) is 40.2 Å². The number of aryl methyl sites for hydroxylation is 1. The summed E-state index contributed by atoms with van der Waals surface area (Å²) in [5, 5.41) is 9.32. The molecule has 1 aromatic carbocycles. The van der Waals surface area contributed by atoms with Crippen molar-refractivity contribution in [3.8, 4) is 11.8 Å². The molecule has 0 aliphatic carbocycles. The Hall–Kier alpha value is -2.41. The highest BCUT2D eigenvalue weighted by molar-refractivity contribution is 5.50. The Balaban J connectivity index is 2.07. The minimum atomic E-state index is 0.515. The molecule has 0 atom stereocenters. The van der Waals surface area contributed by atoms with Gasteiger partial charge in [-0.15, -0.1) is 0 Å². The van der Waals surface area contributed by atoms with Gasteiger partial charge in [0.05, 0.1) is 12.2 Å². The Morgan fingerprint density at radius 3 is 2.74 bits per heavy atom. The molecule has 0 saturated carbocycles. The Bertz CT molecular complexity index is 695. The van der Waals surface area contributed by atoms with Gasteiger partial charge < -0.3 is 15.0 Å². The molecule has 0 spiro atoms. The van der Waals surface area contributed by atoms with Crippen molar-refractivity contribution in [2.24, 2.45) is 5.92 Å². The maximum Gasteiger partial charge on any atom is 0.122 e. The fourth-order valence-corrected chi connectivity index (χ4v) is 2.62. The first kappa shape index (κ1) is 17.0. The first-order valence-electron chi connectivity index (χ1n) is 8.08. The van der Waals surface area contributed by atoms with Gasteiger partial charge in [0.1, 0.15) is 24.1 Å². The zero-order valence-corrected chi connectivity index (χ0v) is 14.2. The molecule has 0 fully saturated rings. The van der Waals surface area contributed by atoms with Gasteiger partial charge in [-0.05, 0) is 49.4 Å². The minimum absolute atomic E-state index is 0.515. The van der Waals surface area contributed by atoms with Gasteiger partial charge in [0.15, 0.2) is 0 Å². The third-order valence-electron chi connectivity index (χ3n) is 3.89. The summed E-state index contributed by atoms with van der Waals surface area (Å²) in [4.78, 5) is 0. The van der Waals surface area contributed by atoms with Gasteiger partial charge in [0.2, 0.25) is 0 Å². The van der Waals surface area contributed by atoms with E-state index in [4.69, 9.17) is 10.5 Å². The number of nitrogens with zero attached hydrogens (tertiary/aromatic N) is 2. The topological polar surface area (TPSA) is 64.0 Å². The second-order valence-corrected chi connectivity index (χ2v) is 6.29. The molecular weight excluding hydrogens is 286 g/mol. The standard InChI is InChI=1S/C19H25N3O/c1-14(2)7-8-19-18(21)12-16(13-20)22(19)9-10-23-17-6-4-5-15(3)11-17/h4-6,11-12,14H,7-10,21H2,1-3H3. The monoisotopic (exact) mass is 311 g/mol. The molecule has 4 nitrogen and oxygen atoms in total. The van der Waals surface area contributed by atoms with E-state index in [-0.39, 0.29) is 0 Å². The second kappa shape index (κ2) is 7.73. The number of rotatable bonds is 7. The van der Waals surface area contributed by atoms with Crippen LogP contribution in [0, 0.1) is 24.2 Å². The van der Waals surface area contributed by atoms with E-state index in [0.717, 1.165) is 24.3 Å². The van der Waals surface area contributed by atoms with Crippen LogP contribution < -0.4 is 10.5 Å². The number of nitrogen functional groups attached to an aromatic ring is 1. The van der Waals surface area contributed by atoms with Gasteiger partial charge in [0.25, 0.3) is 0 Å². The highest BCUT2D eigenvalue weighted by Gasteiger charge is 2.13. The highest BCUT2D eigenvalue weighted by Crippen LogP contribution is 2.22. The van der Waals surface area contributed by atoms with Crippen LogP contribution in [0.1, 0.15) is 37.2 Å². The number of nitrogens with two attached hydrogens (primary N) is 1. The number of ether oxygens (including phenoxy) is 1. The Morgan fingerprint density at radius 2 is 2.09 bits per heavy atom. The van der Waals surface area contributed by atoms with Crippen molar-refractivity contribution < 1.29 is 4.74 Å². The molecule has 122 valence electrons. The van der Waals surface area contributed by atoms with Crippen molar-refractivity contribution in [3.63, 3.8) is 0 Å². The highest BCUT2D eigenvalue weighted by atomic mass is 16.5. The number of hydrogen-bond acceptors (Lipinski definition) is 3. The van der Waals surface area contributed by atoms with Crippen molar-refractivity contribution >= 4 is 5.69 Å². The van der Waals surface area contributed by atoms with Gasteiger partial charge >= 0.3 is 0 Å². The van der Waals surface area contributed by atoms with E-state index in [9.17, 15) is 5.26 Å². The van der Waals surface area contributed by atoms with Gasteiger partial charge in [-0.2, -0.15) is 5.26 Å². The minimum Gasteiger partial charge on any atom is -0.492 e. The SMILES string of the molecule is Cc1cccc(OCCn2c(C#N)cc(N)c2CCC(C)C)c1. The second-order valence-electron chi connectivity index (χ2n) is 6.29. The zero-order chi connectivity index (χ0) is 16.8. The van der Waals surface area contributed by atoms with Gasteiger partial charge in [-0.25, -0.2) is 0 Å². The summed E-state index contributed by atoms with van der Waals surface area (Å²) in [5.41, 5.74) is 9.62. The van der Waals surface area contributed by atoms with Crippen molar-refractivity contribution in [2.75, 3.05) is 12.3 Å². The lowest BCUT2D eigenvalue weighted by Gasteiger charge is -2.13. The molecule has 0 bridgehead atoms. The van der Waals surface area contributed by atoms with Crippen LogP contribution in [-0.2, 0) is 13.0 Å². The first-order chi connectivity index (χ1) is 11.0. The lowest BCUT2D eigenvalue weighted by Crippen LogP contribution is -2.13. The van der Waals surface area contributed by atoms with Crippen molar-refractivity contribution in [1.29, 1.82) is 5.26 Å². The number of aromatic nitrogens is 1. The van der Waals surface area contributed by atoms with E-state index < -0.39 is 0 Å². The quantitative estimate of drug-likeness (QED) is 0.843. The molecule has 0 amide bonds. The summed E-state index contributed by atoms with van der Waals surface area (Å²) in [7, 11) is 0. The lowest BCUT2D eigenvalue weighted by atomic mass is 10.1. The smallest absolute Gasteiger partial charge is 0.122 e.